The van der Waals surface area contributed by atoms with Crippen LogP contribution in [0.1, 0.15) is 73.1 Å². The summed E-state index contributed by atoms with van der Waals surface area (Å²) in [6, 6.07) is 0. The molecule has 0 unspecified atom stereocenters. The van der Waals surface area contributed by atoms with E-state index in [-0.39, 0.29) is 22.6 Å². The van der Waals surface area contributed by atoms with Gasteiger partial charge in [0.15, 0.2) is 0 Å². The average molecular weight is 294 g/mol. The normalized spacial score (nSPS) is 12.3. The first-order valence-corrected chi connectivity index (χ1v) is 7.09. The molecule has 0 aliphatic carbocycles. The molecule has 0 aromatic carbocycles. The molecule has 0 saturated heterocycles. The first kappa shape index (κ1) is 17.3. The third kappa shape index (κ3) is 4.34. The molecule has 0 fully saturated rings. The van der Waals surface area contributed by atoms with Gasteiger partial charge in [0.2, 0.25) is 0 Å². The van der Waals surface area contributed by atoms with E-state index >= 15 is 0 Å². The second-order valence-electron chi connectivity index (χ2n) is 7.51. The van der Waals surface area contributed by atoms with E-state index < -0.39 is 5.97 Å². The molecule has 3 N–H and O–H groups in total. The monoisotopic (exact) mass is 294 g/mol. The van der Waals surface area contributed by atoms with Gasteiger partial charge < -0.3 is 15.4 Å². The van der Waals surface area contributed by atoms with Gasteiger partial charge >= 0.3 is 5.97 Å². The van der Waals surface area contributed by atoms with Gasteiger partial charge in [0.05, 0.1) is 5.56 Å². The predicted octanol–water partition coefficient (Wildman–Crippen LogP) is 3.27. The standard InChI is InChI=1S/C16H26N2O3/c1-9-11(10(2)17-12(9)14(20)21)13(19)18-16(6,7)8-15(3,4)5/h17H,8H2,1-7H3,(H,18,19)(H,20,21). The molecule has 0 aliphatic heterocycles. The van der Waals surface area contributed by atoms with Crippen LogP contribution in [-0.2, 0) is 0 Å². The van der Waals surface area contributed by atoms with E-state index in [1.807, 2.05) is 13.8 Å². The number of aryl methyl sites for hydroxylation is 1. The zero-order chi connectivity index (χ0) is 16.6. The Balaban J connectivity index is 3.03. The molecule has 1 aromatic heterocycles. The van der Waals surface area contributed by atoms with Crippen LogP contribution in [0.3, 0.4) is 0 Å². The van der Waals surface area contributed by atoms with E-state index in [4.69, 9.17) is 5.11 Å². The average Bonchev–Trinajstić information content (AvgIpc) is 2.49. The Morgan fingerprint density at radius 3 is 2.05 bits per heavy atom. The van der Waals surface area contributed by atoms with Crippen LogP contribution in [-0.4, -0.2) is 27.5 Å². The molecule has 0 radical (unpaired) electrons. The quantitative estimate of drug-likeness (QED) is 0.797. The highest BCUT2D eigenvalue weighted by atomic mass is 16.4. The van der Waals surface area contributed by atoms with Crippen molar-refractivity contribution in [2.75, 3.05) is 0 Å². The number of carboxylic acid groups (broad SMARTS) is 1. The summed E-state index contributed by atoms with van der Waals surface area (Å²) in [6.45, 7) is 13.7. The summed E-state index contributed by atoms with van der Waals surface area (Å²) < 4.78 is 0. The number of aromatic nitrogens is 1. The first-order valence-electron chi connectivity index (χ1n) is 7.09. The second kappa shape index (κ2) is 5.54. The molecule has 1 heterocycles. The van der Waals surface area contributed by atoms with Crippen molar-refractivity contribution in [3.05, 3.63) is 22.5 Å². The van der Waals surface area contributed by atoms with Crippen molar-refractivity contribution in [1.82, 2.24) is 10.3 Å². The lowest BCUT2D eigenvalue weighted by molar-refractivity contribution is 0.0690. The first-order chi connectivity index (χ1) is 9.34. The molecule has 0 spiro atoms. The highest BCUT2D eigenvalue weighted by Gasteiger charge is 2.29. The minimum absolute atomic E-state index is 0.0753. The number of amides is 1. The topological polar surface area (TPSA) is 82.2 Å². The summed E-state index contributed by atoms with van der Waals surface area (Å²) in [4.78, 5) is 26.4. The number of aromatic carboxylic acids is 1. The van der Waals surface area contributed by atoms with E-state index in [1.54, 1.807) is 13.8 Å². The maximum Gasteiger partial charge on any atom is 0.352 e. The molecule has 118 valence electrons. The Morgan fingerprint density at radius 1 is 1.14 bits per heavy atom. The minimum Gasteiger partial charge on any atom is -0.477 e. The van der Waals surface area contributed by atoms with E-state index in [9.17, 15) is 9.59 Å². The molecule has 1 rings (SSSR count). The number of nitrogens with one attached hydrogen (secondary N) is 2. The van der Waals surface area contributed by atoms with Crippen molar-refractivity contribution in [2.24, 2.45) is 5.41 Å². The fourth-order valence-corrected chi connectivity index (χ4v) is 3.04. The molecular weight excluding hydrogens is 268 g/mol. The Hall–Kier alpha value is -1.78. The van der Waals surface area contributed by atoms with Crippen molar-refractivity contribution < 1.29 is 14.7 Å². The summed E-state index contributed by atoms with van der Waals surface area (Å²) in [6.07, 6.45) is 0.819. The number of hydrogen-bond donors (Lipinski definition) is 3. The van der Waals surface area contributed by atoms with Gasteiger partial charge in [0, 0.05) is 11.2 Å². The van der Waals surface area contributed by atoms with Crippen LogP contribution >= 0.6 is 0 Å². The summed E-state index contributed by atoms with van der Waals surface area (Å²) in [7, 11) is 0. The zero-order valence-electron chi connectivity index (χ0n) is 14.0. The molecular formula is C16H26N2O3. The van der Waals surface area contributed by atoms with Gasteiger partial charge in [-0.3, -0.25) is 4.79 Å². The van der Waals surface area contributed by atoms with Crippen LogP contribution in [0, 0.1) is 19.3 Å². The molecule has 5 heteroatoms. The van der Waals surface area contributed by atoms with Crippen LogP contribution in [0.15, 0.2) is 0 Å². The number of H-pyrrole nitrogens is 1. The van der Waals surface area contributed by atoms with Crippen LogP contribution in [0.25, 0.3) is 0 Å². The van der Waals surface area contributed by atoms with Gasteiger partial charge in [0.25, 0.3) is 5.91 Å². The fraction of sp³-hybridized carbons (Fsp3) is 0.625. The lowest BCUT2D eigenvalue weighted by atomic mass is 9.81. The second-order valence-corrected chi connectivity index (χ2v) is 7.51. The minimum atomic E-state index is -1.05. The fourth-order valence-electron chi connectivity index (χ4n) is 3.04. The molecule has 0 bridgehead atoms. The molecule has 21 heavy (non-hydrogen) atoms. The van der Waals surface area contributed by atoms with Crippen molar-refractivity contribution in [2.45, 2.75) is 60.4 Å². The van der Waals surface area contributed by atoms with E-state index in [0.717, 1.165) is 6.42 Å². The molecule has 1 amide bonds. The van der Waals surface area contributed by atoms with Gasteiger partial charge in [-0.15, -0.1) is 0 Å². The Kier molecular flexibility index (Phi) is 4.56. The van der Waals surface area contributed by atoms with Gasteiger partial charge in [-0.1, -0.05) is 20.8 Å². The van der Waals surface area contributed by atoms with E-state index in [2.05, 4.69) is 31.1 Å². The number of carboxylic acids is 1. The van der Waals surface area contributed by atoms with Gasteiger partial charge in [-0.2, -0.15) is 0 Å². The highest BCUT2D eigenvalue weighted by Crippen LogP contribution is 2.27. The Bertz CT molecular complexity index is 563. The van der Waals surface area contributed by atoms with Crippen molar-refractivity contribution >= 4 is 11.9 Å². The van der Waals surface area contributed by atoms with Crippen LogP contribution in [0.2, 0.25) is 0 Å². The SMILES string of the molecule is Cc1[nH]c(C(=O)O)c(C)c1C(=O)NC(C)(C)CC(C)(C)C. The van der Waals surface area contributed by atoms with Crippen molar-refractivity contribution in [1.29, 1.82) is 0 Å². The Morgan fingerprint density at radius 2 is 1.67 bits per heavy atom. The third-order valence-electron chi connectivity index (χ3n) is 3.30. The van der Waals surface area contributed by atoms with E-state index in [1.165, 1.54) is 0 Å². The lowest BCUT2D eigenvalue weighted by Gasteiger charge is -2.33. The maximum absolute atomic E-state index is 12.5. The number of aromatic amines is 1. The number of hydrogen-bond acceptors (Lipinski definition) is 2. The summed E-state index contributed by atoms with van der Waals surface area (Å²) >= 11 is 0. The molecule has 5 nitrogen and oxygen atoms in total. The molecule has 0 atom stereocenters. The summed E-state index contributed by atoms with van der Waals surface area (Å²) in [5.41, 5.74) is 1.28. The highest BCUT2D eigenvalue weighted by molar-refractivity contribution is 6.01. The molecule has 1 aromatic rings. The number of carbonyl (C=O) groups is 2. The summed E-state index contributed by atoms with van der Waals surface area (Å²) in [5.74, 6) is -1.29. The van der Waals surface area contributed by atoms with Gasteiger partial charge in [-0.05, 0) is 45.1 Å². The Labute approximate surface area is 126 Å². The van der Waals surface area contributed by atoms with Crippen LogP contribution in [0.4, 0.5) is 0 Å². The van der Waals surface area contributed by atoms with Crippen LogP contribution in [0.5, 0.6) is 0 Å². The van der Waals surface area contributed by atoms with Gasteiger partial charge in [0.1, 0.15) is 5.69 Å². The molecule has 0 aliphatic rings. The zero-order valence-corrected chi connectivity index (χ0v) is 14.0. The smallest absolute Gasteiger partial charge is 0.352 e. The van der Waals surface area contributed by atoms with Crippen molar-refractivity contribution in [3.63, 3.8) is 0 Å². The largest absolute Gasteiger partial charge is 0.477 e. The number of rotatable bonds is 4. The van der Waals surface area contributed by atoms with E-state index in [0.29, 0.717) is 16.8 Å². The summed E-state index contributed by atoms with van der Waals surface area (Å²) in [5, 5.41) is 12.1. The third-order valence-corrected chi connectivity index (χ3v) is 3.30. The molecule has 0 saturated carbocycles. The van der Waals surface area contributed by atoms with Crippen LogP contribution < -0.4 is 5.32 Å². The van der Waals surface area contributed by atoms with Crippen molar-refractivity contribution in [3.8, 4) is 0 Å². The predicted molar refractivity (Wildman–Crippen MR) is 82.8 cm³/mol. The lowest BCUT2D eigenvalue weighted by Crippen LogP contribution is -2.46. The van der Waals surface area contributed by atoms with Gasteiger partial charge in [-0.25, -0.2) is 4.79 Å². The number of carbonyl (C=O) groups excluding carboxylic acids is 1. The maximum atomic E-state index is 12.5.